The Balaban J connectivity index is 1.98. The van der Waals surface area contributed by atoms with Crippen LogP contribution in [-0.4, -0.2) is 30.1 Å². The van der Waals surface area contributed by atoms with E-state index in [-0.39, 0.29) is 11.2 Å². The molecule has 1 aliphatic heterocycles. The van der Waals surface area contributed by atoms with Crippen molar-refractivity contribution in [3.05, 3.63) is 57.6 Å². The quantitative estimate of drug-likeness (QED) is 0.757. The van der Waals surface area contributed by atoms with E-state index >= 15 is 0 Å². The average Bonchev–Trinajstić information content (AvgIpc) is 3.06. The molecule has 2 aromatic rings. The van der Waals surface area contributed by atoms with Crippen LogP contribution in [0.5, 0.6) is 11.5 Å². The van der Waals surface area contributed by atoms with Crippen LogP contribution in [0.3, 0.4) is 0 Å². The van der Waals surface area contributed by atoms with E-state index in [0.717, 1.165) is 16.8 Å². The van der Waals surface area contributed by atoms with E-state index in [1.165, 1.54) is 0 Å². The lowest BCUT2D eigenvalue weighted by atomic mass is 9.98. The normalized spacial score (nSPS) is 16.4. The van der Waals surface area contributed by atoms with E-state index in [1.54, 1.807) is 31.4 Å². The van der Waals surface area contributed by atoms with Gasteiger partial charge in [0, 0.05) is 17.0 Å². The Labute approximate surface area is 167 Å². The topological polar surface area (TPSA) is 60.1 Å². The summed E-state index contributed by atoms with van der Waals surface area (Å²) < 4.78 is 10.7. The van der Waals surface area contributed by atoms with Gasteiger partial charge in [0.1, 0.15) is 0 Å². The smallest absolute Gasteiger partial charge is 0.187 e. The van der Waals surface area contributed by atoms with E-state index in [9.17, 15) is 0 Å². The fourth-order valence-corrected chi connectivity index (χ4v) is 3.61. The molecule has 0 aliphatic carbocycles. The Kier molecular flexibility index (Phi) is 5.55. The Morgan fingerprint density at radius 2 is 1.88 bits per heavy atom. The van der Waals surface area contributed by atoms with Crippen molar-refractivity contribution in [3.8, 4) is 11.5 Å². The number of nitrogens with zero attached hydrogens (tertiary/aromatic N) is 2. The number of halogens is 2. The molecule has 0 saturated heterocycles. The van der Waals surface area contributed by atoms with Crippen molar-refractivity contribution in [2.24, 2.45) is 10.8 Å². The molecule has 3 rings (SSSR count). The molecule has 26 heavy (non-hydrogen) atoms. The number of methoxy groups -OCH3 is 2. The van der Waals surface area contributed by atoms with E-state index in [4.69, 9.17) is 50.6 Å². The SMILES string of the molecule is COc1ccc(C2CC(c3ccc(Cl)cc3Cl)=NN2C(N)=S)cc1OC. The van der Waals surface area contributed by atoms with Crippen molar-refractivity contribution in [1.82, 2.24) is 5.01 Å². The van der Waals surface area contributed by atoms with Gasteiger partial charge in [0.15, 0.2) is 16.6 Å². The summed E-state index contributed by atoms with van der Waals surface area (Å²) in [4.78, 5) is 0. The molecule has 0 bridgehead atoms. The zero-order chi connectivity index (χ0) is 18.8. The number of benzene rings is 2. The number of thiocarbonyl (C=S) groups is 1. The molecule has 8 heteroatoms. The van der Waals surface area contributed by atoms with E-state index in [0.29, 0.717) is 28.0 Å². The zero-order valence-corrected chi connectivity index (χ0v) is 16.5. The maximum Gasteiger partial charge on any atom is 0.187 e. The second kappa shape index (κ2) is 7.70. The van der Waals surface area contributed by atoms with Crippen molar-refractivity contribution >= 4 is 46.2 Å². The minimum atomic E-state index is -0.158. The fourth-order valence-electron chi connectivity index (χ4n) is 2.92. The molecule has 136 valence electrons. The molecule has 2 aromatic carbocycles. The Hall–Kier alpha value is -2.02. The first-order valence-corrected chi connectivity index (χ1v) is 8.94. The third-order valence-corrected chi connectivity index (χ3v) is 4.91. The fraction of sp³-hybridized carbons (Fsp3) is 0.222. The van der Waals surface area contributed by atoms with Crippen molar-refractivity contribution in [2.75, 3.05) is 14.2 Å². The molecule has 1 unspecified atom stereocenters. The van der Waals surface area contributed by atoms with Crippen molar-refractivity contribution in [1.29, 1.82) is 0 Å². The average molecular weight is 410 g/mol. The van der Waals surface area contributed by atoms with Crippen molar-refractivity contribution in [3.63, 3.8) is 0 Å². The van der Waals surface area contributed by atoms with Gasteiger partial charge < -0.3 is 15.2 Å². The number of hydrazone groups is 1. The first-order valence-electron chi connectivity index (χ1n) is 7.78. The number of hydrogen-bond donors (Lipinski definition) is 1. The minimum absolute atomic E-state index is 0.158. The lowest BCUT2D eigenvalue weighted by Gasteiger charge is -2.22. The molecule has 1 heterocycles. The lowest BCUT2D eigenvalue weighted by molar-refractivity contribution is 0.347. The van der Waals surface area contributed by atoms with E-state index in [2.05, 4.69) is 5.10 Å². The van der Waals surface area contributed by atoms with Crippen LogP contribution in [0.1, 0.15) is 23.6 Å². The Morgan fingerprint density at radius 1 is 1.15 bits per heavy atom. The largest absolute Gasteiger partial charge is 0.493 e. The standard InChI is InChI=1S/C18H17Cl2N3O2S/c1-24-16-6-3-10(7-17(16)25-2)15-9-14(22-23(15)18(21)26)12-5-4-11(19)8-13(12)20/h3-8,15H,9H2,1-2H3,(H2,21,26). The molecule has 0 saturated carbocycles. The number of ether oxygens (including phenoxy) is 2. The summed E-state index contributed by atoms with van der Waals surface area (Å²) in [6.07, 6.45) is 0.591. The summed E-state index contributed by atoms with van der Waals surface area (Å²) in [6, 6.07) is 10.8. The van der Waals surface area contributed by atoms with Crippen molar-refractivity contribution in [2.45, 2.75) is 12.5 Å². The maximum absolute atomic E-state index is 6.33. The number of nitrogens with two attached hydrogens (primary N) is 1. The van der Waals surface area contributed by atoms with E-state index in [1.807, 2.05) is 24.3 Å². The Morgan fingerprint density at radius 3 is 2.50 bits per heavy atom. The summed E-state index contributed by atoms with van der Waals surface area (Å²) >= 11 is 17.5. The summed E-state index contributed by atoms with van der Waals surface area (Å²) in [5.74, 6) is 1.28. The number of hydrogen-bond acceptors (Lipinski definition) is 4. The van der Waals surface area contributed by atoms with Gasteiger partial charge in [0.25, 0.3) is 0 Å². The molecule has 0 aromatic heterocycles. The molecule has 1 atom stereocenters. The molecule has 0 radical (unpaired) electrons. The molecular weight excluding hydrogens is 393 g/mol. The predicted octanol–water partition coefficient (Wildman–Crippen LogP) is 4.41. The highest BCUT2D eigenvalue weighted by atomic mass is 35.5. The van der Waals surface area contributed by atoms with Crippen LogP contribution < -0.4 is 15.2 Å². The molecule has 5 nitrogen and oxygen atoms in total. The Bertz CT molecular complexity index is 889. The van der Waals surface area contributed by atoms with Crippen LogP contribution in [0.4, 0.5) is 0 Å². The van der Waals surface area contributed by atoms with Gasteiger partial charge in [0.05, 0.1) is 31.0 Å². The molecule has 2 N–H and O–H groups in total. The minimum Gasteiger partial charge on any atom is -0.493 e. The lowest BCUT2D eigenvalue weighted by Crippen LogP contribution is -2.31. The highest BCUT2D eigenvalue weighted by Crippen LogP contribution is 2.38. The second-order valence-corrected chi connectivity index (χ2v) is 6.95. The second-order valence-electron chi connectivity index (χ2n) is 5.69. The van der Waals surface area contributed by atoms with Gasteiger partial charge in [-0.15, -0.1) is 0 Å². The van der Waals surface area contributed by atoms with Gasteiger partial charge in [-0.25, -0.2) is 5.01 Å². The zero-order valence-electron chi connectivity index (χ0n) is 14.2. The summed E-state index contributed by atoms with van der Waals surface area (Å²) in [7, 11) is 3.19. The predicted molar refractivity (Wildman–Crippen MR) is 109 cm³/mol. The van der Waals surface area contributed by atoms with Gasteiger partial charge in [0.2, 0.25) is 0 Å². The van der Waals surface area contributed by atoms with Gasteiger partial charge >= 0.3 is 0 Å². The van der Waals surface area contributed by atoms with Crippen LogP contribution in [0.25, 0.3) is 0 Å². The molecule has 0 spiro atoms. The highest BCUT2D eigenvalue weighted by molar-refractivity contribution is 7.80. The maximum atomic E-state index is 6.33. The summed E-state index contributed by atoms with van der Waals surface area (Å²) in [6.45, 7) is 0. The molecule has 0 fully saturated rings. The first kappa shape index (κ1) is 18.8. The van der Waals surface area contributed by atoms with E-state index < -0.39 is 0 Å². The monoisotopic (exact) mass is 409 g/mol. The van der Waals surface area contributed by atoms with Crippen LogP contribution in [0.15, 0.2) is 41.5 Å². The van der Waals surface area contributed by atoms with Crippen LogP contribution >= 0.6 is 35.4 Å². The van der Waals surface area contributed by atoms with Crippen LogP contribution in [0, 0.1) is 0 Å². The summed E-state index contributed by atoms with van der Waals surface area (Å²) in [5.41, 5.74) is 8.45. The van der Waals surface area contributed by atoms with Crippen LogP contribution in [-0.2, 0) is 0 Å². The van der Waals surface area contributed by atoms with Gasteiger partial charge in [-0.05, 0) is 42.0 Å². The third-order valence-electron chi connectivity index (χ3n) is 4.17. The first-order chi connectivity index (χ1) is 12.4. The number of rotatable bonds is 4. The third kappa shape index (κ3) is 3.58. The molecule has 0 amide bonds. The van der Waals surface area contributed by atoms with Crippen molar-refractivity contribution < 1.29 is 9.47 Å². The highest BCUT2D eigenvalue weighted by Gasteiger charge is 2.31. The summed E-state index contributed by atoms with van der Waals surface area (Å²) in [5, 5.41) is 7.50. The van der Waals surface area contributed by atoms with Crippen LogP contribution in [0.2, 0.25) is 10.0 Å². The molecule has 1 aliphatic rings. The van der Waals surface area contributed by atoms with Gasteiger partial charge in [-0.1, -0.05) is 35.3 Å². The van der Waals surface area contributed by atoms with Gasteiger partial charge in [-0.2, -0.15) is 5.10 Å². The molecular formula is C18H17Cl2N3O2S. The van der Waals surface area contributed by atoms with Gasteiger partial charge in [-0.3, -0.25) is 0 Å².